The Labute approximate surface area is 131 Å². The molecule has 2 aromatic rings. The summed E-state index contributed by atoms with van der Waals surface area (Å²) in [7, 11) is -2.07. The monoisotopic (exact) mass is 345 g/mol. The number of sulfonamides is 1. The molecule has 2 N–H and O–H groups in total. The van der Waals surface area contributed by atoms with Crippen LogP contribution in [0.5, 0.6) is 5.75 Å². The molecule has 0 saturated carbocycles. The molecule has 0 atom stereocenters. The fourth-order valence-electron chi connectivity index (χ4n) is 2.06. The van der Waals surface area contributed by atoms with Crippen molar-refractivity contribution in [2.24, 2.45) is 0 Å². The first-order valence-electron chi connectivity index (χ1n) is 5.97. The highest BCUT2D eigenvalue weighted by Gasteiger charge is 2.27. The van der Waals surface area contributed by atoms with Gasteiger partial charge in [-0.1, -0.05) is 17.7 Å². The summed E-state index contributed by atoms with van der Waals surface area (Å²) >= 11 is 6.78. The van der Waals surface area contributed by atoms with Gasteiger partial charge in [-0.05, 0) is 24.3 Å². The van der Waals surface area contributed by atoms with Gasteiger partial charge < -0.3 is 10.2 Å². The van der Waals surface area contributed by atoms with Crippen molar-refractivity contribution in [3.8, 4) is 5.75 Å². The van der Waals surface area contributed by atoms with Crippen molar-refractivity contribution in [1.29, 1.82) is 0 Å². The first-order valence-corrected chi connectivity index (χ1v) is 8.65. The Hall–Kier alpha value is -1.32. The van der Waals surface area contributed by atoms with Crippen molar-refractivity contribution in [1.82, 2.24) is 9.95 Å². The Morgan fingerprint density at radius 1 is 1.38 bits per heavy atom. The van der Waals surface area contributed by atoms with Crippen LogP contribution in [0.4, 0.5) is 5.69 Å². The molecule has 0 amide bonds. The summed E-state index contributed by atoms with van der Waals surface area (Å²) in [5.41, 5.74) is 4.68. The highest BCUT2D eigenvalue weighted by atomic mass is 35.5. The van der Waals surface area contributed by atoms with Gasteiger partial charge in [0.15, 0.2) is 0 Å². The minimum Gasteiger partial charge on any atom is -0.496 e. The first kappa shape index (κ1) is 14.6. The maximum absolute atomic E-state index is 12.2. The van der Waals surface area contributed by atoms with Gasteiger partial charge in [-0.2, -0.15) is 0 Å². The van der Waals surface area contributed by atoms with Crippen molar-refractivity contribution in [2.75, 3.05) is 12.5 Å². The SMILES string of the molecule is COc1cccc2c1CN(NS(=O)(=O)c1ccc(Cl)s1)N2. The summed E-state index contributed by atoms with van der Waals surface area (Å²) in [6.07, 6.45) is 0. The number of ether oxygens (including phenoxy) is 1. The van der Waals surface area contributed by atoms with Crippen LogP contribution in [0.1, 0.15) is 5.56 Å². The number of methoxy groups -OCH3 is 1. The lowest BCUT2D eigenvalue weighted by atomic mass is 10.2. The van der Waals surface area contributed by atoms with Crippen LogP contribution in [0.2, 0.25) is 4.34 Å². The van der Waals surface area contributed by atoms with Crippen molar-refractivity contribution in [2.45, 2.75) is 10.8 Å². The van der Waals surface area contributed by atoms with E-state index in [1.54, 1.807) is 13.2 Å². The van der Waals surface area contributed by atoms with Crippen molar-refractivity contribution < 1.29 is 13.2 Å². The van der Waals surface area contributed by atoms with E-state index in [4.69, 9.17) is 16.3 Å². The van der Waals surface area contributed by atoms with Crippen molar-refractivity contribution >= 4 is 38.6 Å². The van der Waals surface area contributed by atoms with Crippen LogP contribution >= 0.6 is 22.9 Å². The number of hydrogen-bond acceptors (Lipinski definition) is 6. The Bertz CT molecular complexity index is 776. The molecule has 0 unspecified atom stereocenters. The van der Waals surface area contributed by atoms with Crippen LogP contribution in [0.25, 0.3) is 0 Å². The van der Waals surface area contributed by atoms with E-state index >= 15 is 0 Å². The minimum absolute atomic E-state index is 0.164. The van der Waals surface area contributed by atoms with Gasteiger partial charge in [-0.15, -0.1) is 21.3 Å². The van der Waals surface area contributed by atoms with Gasteiger partial charge in [0.05, 0.1) is 23.7 Å². The summed E-state index contributed by atoms with van der Waals surface area (Å²) in [6.45, 7) is 0.359. The molecule has 112 valence electrons. The zero-order valence-electron chi connectivity index (χ0n) is 11.0. The van der Waals surface area contributed by atoms with Gasteiger partial charge in [0, 0.05) is 5.56 Å². The third kappa shape index (κ3) is 2.85. The van der Waals surface area contributed by atoms with E-state index < -0.39 is 10.0 Å². The molecule has 3 rings (SSSR count). The van der Waals surface area contributed by atoms with Crippen LogP contribution in [0.3, 0.4) is 0 Å². The number of anilines is 1. The molecule has 9 heteroatoms. The van der Waals surface area contributed by atoms with E-state index in [2.05, 4.69) is 10.3 Å². The topological polar surface area (TPSA) is 70.7 Å². The Kier molecular flexibility index (Phi) is 3.80. The first-order chi connectivity index (χ1) is 9.99. The van der Waals surface area contributed by atoms with E-state index in [0.717, 1.165) is 22.6 Å². The molecular weight excluding hydrogens is 334 g/mol. The van der Waals surface area contributed by atoms with E-state index in [-0.39, 0.29) is 4.21 Å². The van der Waals surface area contributed by atoms with Crippen LogP contribution < -0.4 is 15.0 Å². The third-order valence-corrected chi connectivity index (χ3v) is 6.03. The van der Waals surface area contributed by atoms with Crippen LogP contribution in [0, 0.1) is 0 Å². The van der Waals surface area contributed by atoms with Gasteiger partial charge in [0.1, 0.15) is 9.96 Å². The molecule has 2 heterocycles. The predicted molar refractivity (Wildman–Crippen MR) is 81.8 cm³/mol. The van der Waals surface area contributed by atoms with Crippen LogP contribution in [0.15, 0.2) is 34.5 Å². The highest BCUT2D eigenvalue weighted by Crippen LogP contribution is 2.33. The number of fused-ring (bicyclic) bond motifs is 1. The number of hydrazine groups is 2. The summed E-state index contributed by atoms with van der Waals surface area (Å²) in [5.74, 6) is 0.709. The quantitative estimate of drug-likeness (QED) is 0.890. The predicted octanol–water partition coefficient (Wildman–Crippen LogP) is 2.45. The fraction of sp³-hybridized carbons (Fsp3) is 0.167. The minimum atomic E-state index is -3.65. The Balaban J connectivity index is 1.80. The standard InChI is InChI=1S/C12H12ClN3O3S2/c1-19-10-4-2-3-9-8(10)7-16(14-9)15-21(17,18)12-6-5-11(13)20-12/h2-6,14-15H,7H2,1H3. The van der Waals surface area contributed by atoms with Crippen molar-refractivity contribution in [3.05, 3.63) is 40.2 Å². The molecule has 0 spiro atoms. The average molecular weight is 346 g/mol. The number of rotatable bonds is 4. The summed E-state index contributed by atoms with van der Waals surface area (Å²) in [5, 5.41) is 1.40. The van der Waals surface area contributed by atoms with Gasteiger partial charge in [0.25, 0.3) is 10.0 Å². The third-order valence-electron chi connectivity index (χ3n) is 2.97. The molecule has 0 radical (unpaired) electrons. The van der Waals surface area contributed by atoms with E-state index in [1.165, 1.54) is 11.2 Å². The smallest absolute Gasteiger partial charge is 0.264 e. The number of nitrogens with zero attached hydrogens (tertiary/aromatic N) is 1. The second-order valence-corrected chi connectivity index (χ2v) is 7.94. The van der Waals surface area contributed by atoms with Crippen LogP contribution in [-0.2, 0) is 16.6 Å². The van der Waals surface area contributed by atoms with Crippen LogP contribution in [-0.4, -0.2) is 20.6 Å². The molecule has 1 aliphatic rings. The molecule has 0 aliphatic carbocycles. The average Bonchev–Trinajstić information content (AvgIpc) is 3.03. The number of halogens is 1. The van der Waals surface area contributed by atoms with Gasteiger partial charge in [-0.3, -0.25) is 0 Å². The molecule has 21 heavy (non-hydrogen) atoms. The van der Waals surface area contributed by atoms with E-state index in [0.29, 0.717) is 16.6 Å². The molecule has 0 saturated heterocycles. The highest BCUT2D eigenvalue weighted by molar-refractivity contribution is 7.91. The van der Waals surface area contributed by atoms with Crippen molar-refractivity contribution in [3.63, 3.8) is 0 Å². The fourth-order valence-corrected chi connectivity index (χ4v) is 4.53. The Morgan fingerprint density at radius 2 is 2.19 bits per heavy atom. The molecular formula is C12H12ClN3O3S2. The number of benzene rings is 1. The lowest BCUT2D eigenvalue weighted by Gasteiger charge is -2.16. The Morgan fingerprint density at radius 3 is 2.86 bits per heavy atom. The summed E-state index contributed by atoms with van der Waals surface area (Å²) in [6, 6.07) is 8.54. The zero-order chi connectivity index (χ0) is 15.0. The molecule has 1 aromatic heterocycles. The molecule has 1 aliphatic heterocycles. The number of thiophene rings is 1. The molecule has 0 fully saturated rings. The lowest BCUT2D eigenvalue weighted by molar-refractivity contribution is 0.299. The largest absolute Gasteiger partial charge is 0.496 e. The normalized spacial score (nSPS) is 14.8. The molecule has 1 aromatic carbocycles. The van der Waals surface area contributed by atoms with Gasteiger partial charge in [-0.25, -0.2) is 8.42 Å². The lowest BCUT2D eigenvalue weighted by Crippen LogP contribution is -2.41. The van der Waals surface area contributed by atoms with E-state index in [1.807, 2.05) is 18.2 Å². The van der Waals surface area contributed by atoms with Gasteiger partial charge in [0.2, 0.25) is 0 Å². The second-order valence-electron chi connectivity index (χ2n) is 4.34. The number of hydrogen-bond donors (Lipinski definition) is 2. The van der Waals surface area contributed by atoms with Gasteiger partial charge >= 0.3 is 0 Å². The summed E-state index contributed by atoms with van der Waals surface area (Å²) < 4.78 is 30.3. The maximum atomic E-state index is 12.2. The van der Waals surface area contributed by atoms with E-state index in [9.17, 15) is 8.42 Å². The summed E-state index contributed by atoms with van der Waals surface area (Å²) in [4.78, 5) is 2.47. The maximum Gasteiger partial charge on any atom is 0.264 e. The number of nitrogens with one attached hydrogen (secondary N) is 2. The zero-order valence-corrected chi connectivity index (χ0v) is 13.3. The molecule has 0 bridgehead atoms. The second kappa shape index (κ2) is 5.47. The molecule has 6 nitrogen and oxygen atoms in total.